The summed E-state index contributed by atoms with van der Waals surface area (Å²) in [4.78, 5) is 20.6. The minimum absolute atomic E-state index is 0.171. The van der Waals surface area contributed by atoms with Crippen molar-refractivity contribution in [3.8, 4) is 0 Å². The van der Waals surface area contributed by atoms with Crippen molar-refractivity contribution in [1.29, 1.82) is 0 Å². The second-order valence-corrected chi connectivity index (χ2v) is 2.22. The number of amides is 1. The monoisotopic (exact) mass is 212 g/mol. The van der Waals surface area contributed by atoms with Gasteiger partial charge in [0.1, 0.15) is 5.56 Å². The molecule has 0 aliphatic heterocycles. The molecule has 0 aliphatic rings. The maximum Gasteiger partial charge on any atom is 0.282 e. The van der Waals surface area contributed by atoms with Crippen LogP contribution in [-0.4, -0.2) is 16.0 Å². The van der Waals surface area contributed by atoms with Crippen molar-refractivity contribution >= 4 is 11.6 Å². The Morgan fingerprint density at radius 2 is 1.93 bits per heavy atom. The fourth-order valence-corrected chi connectivity index (χ4v) is 0.885. The molecule has 82 valence electrons. The molecule has 0 fully saturated rings. The standard InChI is InChI=1S/C7H6N2O4.C2H6/c10-7(8-11)5-3-1-2-4-6(5)9(12)13;1-2/h1-4,11H,(H,8,10);1-2H3. The zero-order valence-electron chi connectivity index (χ0n) is 8.43. The number of nitrogens with zero attached hydrogens (tertiary/aromatic N) is 1. The Morgan fingerprint density at radius 3 is 2.40 bits per heavy atom. The average molecular weight is 212 g/mol. The summed E-state index contributed by atoms with van der Waals surface area (Å²) in [5.74, 6) is -0.896. The molecule has 0 spiro atoms. The molecule has 0 atom stereocenters. The molecule has 0 unspecified atom stereocenters. The van der Waals surface area contributed by atoms with E-state index in [1.807, 2.05) is 13.8 Å². The SMILES string of the molecule is CC.O=C(NO)c1ccccc1[N+](=O)[O-]. The summed E-state index contributed by atoms with van der Waals surface area (Å²) < 4.78 is 0. The zero-order valence-corrected chi connectivity index (χ0v) is 8.43. The van der Waals surface area contributed by atoms with Crippen molar-refractivity contribution in [2.24, 2.45) is 0 Å². The Hall–Kier alpha value is -1.95. The van der Waals surface area contributed by atoms with Gasteiger partial charge in [-0.25, -0.2) is 5.48 Å². The van der Waals surface area contributed by atoms with Crippen molar-refractivity contribution in [1.82, 2.24) is 5.48 Å². The van der Waals surface area contributed by atoms with Crippen molar-refractivity contribution < 1.29 is 14.9 Å². The molecule has 0 heterocycles. The molecule has 6 nitrogen and oxygen atoms in total. The highest BCUT2D eigenvalue weighted by Crippen LogP contribution is 2.16. The van der Waals surface area contributed by atoms with E-state index in [4.69, 9.17) is 5.21 Å². The van der Waals surface area contributed by atoms with Gasteiger partial charge < -0.3 is 0 Å². The molecule has 0 saturated heterocycles. The number of benzene rings is 1. The number of hydroxylamine groups is 1. The van der Waals surface area contributed by atoms with Gasteiger partial charge in [-0.3, -0.25) is 20.1 Å². The second kappa shape index (κ2) is 6.50. The van der Waals surface area contributed by atoms with Gasteiger partial charge in [-0.15, -0.1) is 0 Å². The summed E-state index contributed by atoms with van der Waals surface area (Å²) >= 11 is 0. The largest absolute Gasteiger partial charge is 0.288 e. The van der Waals surface area contributed by atoms with E-state index in [2.05, 4.69) is 0 Å². The van der Waals surface area contributed by atoms with E-state index < -0.39 is 10.8 Å². The molecule has 15 heavy (non-hydrogen) atoms. The van der Waals surface area contributed by atoms with Crippen LogP contribution in [0.2, 0.25) is 0 Å². The first kappa shape index (κ1) is 13.1. The fourth-order valence-electron chi connectivity index (χ4n) is 0.885. The molecule has 0 aromatic heterocycles. The molecule has 1 amide bonds. The van der Waals surface area contributed by atoms with Crippen LogP contribution in [0.3, 0.4) is 0 Å². The Labute approximate surface area is 86.6 Å². The predicted octanol–water partition coefficient (Wildman–Crippen LogP) is 1.74. The summed E-state index contributed by atoms with van der Waals surface area (Å²) in [5.41, 5.74) is 0.823. The highest BCUT2D eigenvalue weighted by Gasteiger charge is 2.17. The van der Waals surface area contributed by atoms with Crippen molar-refractivity contribution in [2.45, 2.75) is 13.8 Å². The lowest BCUT2D eigenvalue weighted by Crippen LogP contribution is -2.19. The lowest BCUT2D eigenvalue weighted by Gasteiger charge is -1.98. The summed E-state index contributed by atoms with van der Waals surface area (Å²) in [5, 5.41) is 18.7. The number of carbonyl (C=O) groups excluding carboxylic acids is 1. The molecule has 0 radical (unpaired) electrons. The van der Waals surface area contributed by atoms with Gasteiger partial charge in [0.25, 0.3) is 11.6 Å². The number of rotatable bonds is 2. The third kappa shape index (κ3) is 3.35. The summed E-state index contributed by atoms with van der Waals surface area (Å²) in [7, 11) is 0. The van der Waals surface area contributed by atoms with Gasteiger partial charge in [-0.2, -0.15) is 0 Å². The first-order valence-electron chi connectivity index (χ1n) is 4.34. The molecule has 1 rings (SSSR count). The molecule has 1 aromatic rings. The van der Waals surface area contributed by atoms with Gasteiger partial charge in [-0.1, -0.05) is 26.0 Å². The lowest BCUT2D eigenvalue weighted by atomic mass is 10.2. The van der Waals surface area contributed by atoms with Gasteiger partial charge >= 0.3 is 0 Å². The zero-order chi connectivity index (χ0) is 11.8. The van der Waals surface area contributed by atoms with Crippen LogP contribution in [0.25, 0.3) is 0 Å². The molecule has 0 aliphatic carbocycles. The molecular weight excluding hydrogens is 200 g/mol. The van der Waals surface area contributed by atoms with Crippen molar-refractivity contribution in [3.05, 3.63) is 39.9 Å². The van der Waals surface area contributed by atoms with E-state index in [-0.39, 0.29) is 11.3 Å². The van der Waals surface area contributed by atoms with E-state index in [1.54, 1.807) is 0 Å². The van der Waals surface area contributed by atoms with Crippen LogP contribution in [0.1, 0.15) is 24.2 Å². The molecule has 1 aromatic carbocycles. The Balaban J connectivity index is 0.000000921. The van der Waals surface area contributed by atoms with Crippen molar-refractivity contribution in [2.75, 3.05) is 0 Å². The van der Waals surface area contributed by atoms with Crippen LogP contribution in [0.5, 0.6) is 0 Å². The third-order valence-electron chi connectivity index (χ3n) is 1.45. The quantitative estimate of drug-likeness (QED) is 0.443. The van der Waals surface area contributed by atoms with Crippen molar-refractivity contribution in [3.63, 3.8) is 0 Å². The minimum atomic E-state index is -0.896. The fraction of sp³-hybridized carbons (Fsp3) is 0.222. The summed E-state index contributed by atoms with van der Waals surface area (Å²) in [6.07, 6.45) is 0. The number of carbonyl (C=O) groups is 1. The highest BCUT2D eigenvalue weighted by atomic mass is 16.6. The number of nitro benzene ring substituents is 1. The highest BCUT2D eigenvalue weighted by molar-refractivity contribution is 5.97. The van der Waals surface area contributed by atoms with Gasteiger partial charge in [0.2, 0.25) is 0 Å². The number of nitro groups is 1. The van der Waals surface area contributed by atoms with Crippen LogP contribution in [0.4, 0.5) is 5.69 Å². The van der Waals surface area contributed by atoms with Crippen LogP contribution in [-0.2, 0) is 0 Å². The summed E-state index contributed by atoms with van der Waals surface area (Å²) in [6, 6.07) is 5.35. The topological polar surface area (TPSA) is 92.5 Å². The van der Waals surface area contributed by atoms with E-state index >= 15 is 0 Å². The Kier molecular flexibility index (Phi) is 5.65. The smallest absolute Gasteiger partial charge is 0.282 e. The first-order valence-corrected chi connectivity index (χ1v) is 4.34. The molecular formula is C9H12N2O4. The third-order valence-corrected chi connectivity index (χ3v) is 1.45. The summed E-state index contributed by atoms with van der Waals surface area (Å²) in [6.45, 7) is 4.00. The molecule has 2 N–H and O–H groups in total. The maximum absolute atomic E-state index is 10.9. The maximum atomic E-state index is 10.9. The molecule has 0 saturated carbocycles. The minimum Gasteiger partial charge on any atom is -0.288 e. The van der Waals surface area contributed by atoms with Crippen LogP contribution in [0, 0.1) is 10.1 Å². The van der Waals surface area contributed by atoms with E-state index in [9.17, 15) is 14.9 Å². The van der Waals surface area contributed by atoms with Gasteiger partial charge in [-0.05, 0) is 6.07 Å². The number of hydrogen-bond donors (Lipinski definition) is 2. The number of nitrogens with one attached hydrogen (secondary N) is 1. The van der Waals surface area contributed by atoms with Crippen LogP contribution < -0.4 is 5.48 Å². The number of hydrogen-bond acceptors (Lipinski definition) is 4. The van der Waals surface area contributed by atoms with E-state index in [0.717, 1.165) is 0 Å². The van der Waals surface area contributed by atoms with Gasteiger partial charge in [0.15, 0.2) is 0 Å². The average Bonchev–Trinajstić information content (AvgIpc) is 2.30. The van der Waals surface area contributed by atoms with Crippen LogP contribution >= 0.6 is 0 Å². The predicted molar refractivity (Wildman–Crippen MR) is 53.7 cm³/mol. The second-order valence-electron chi connectivity index (χ2n) is 2.22. The molecule has 0 bridgehead atoms. The lowest BCUT2D eigenvalue weighted by molar-refractivity contribution is -0.385. The number of para-hydroxylation sites is 1. The normalized spacial score (nSPS) is 8.47. The van der Waals surface area contributed by atoms with E-state index in [0.29, 0.717) is 0 Å². The Morgan fingerprint density at radius 1 is 1.40 bits per heavy atom. The van der Waals surface area contributed by atoms with E-state index in [1.165, 1.54) is 29.7 Å². The van der Waals surface area contributed by atoms with Gasteiger partial charge in [0.05, 0.1) is 4.92 Å². The first-order chi connectivity index (χ1) is 7.16. The molecule has 6 heteroatoms. The van der Waals surface area contributed by atoms with Gasteiger partial charge in [0, 0.05) is 6.07 Å². The van der Waals surface area contributed by atoms with Crippen LogP contribution in [0.15, 0.2) is 24.3 Å². The Bertz CT molecular complexity index is 352.